The van der Waals surface area contributed by atoms with Gasteiger partial charge >= 0.3 is 0 Å². The van der Waals surface area contributed by atoms with Crippen molar-refractivity contribution in [2.45, 2.75) is 83.8 Å². The molecule has 0 saturated heterocycles. The Hall–Kier alpha value is -0.230. The second-order valence-corrected chi connectivity index (χ2v) is 8.02. The standard InChI is InChI=1S/C17H36NO5P/c1-15(2)12-10-8-6-4-3-5-7-9-11-13-17(19)16(18)14-23-24(20,21)22/h11,13,15-17,19H,3-10,12,14,18H2,1-2H3,(H2,20,21,22)/p-1/b13-11+/t16-,17+/m0/s1. The van der Waals surface area contributed by atoms with Gasteiger partial charge in [-0.3, -0.25) is 0 Å². The predicted molar refractivity (Wildman–Crippen MR) is 91.8 cm³/mol. The molecule has 0 aromatic heterocycles. The molecule has 7 heteroatoms. The monoisotopic (exact) mass is 364 g/mol. The average Bonchev–Trinajstić information content (AvgIpc) is 2.48. The molecule has 0 aliphatic rings. The Balaban J connectivity index is 3.52. The van der Waals surface area contributed by atoms with E-state index in [0.29, 0.717) is 0 Å². The Morgan fingerprint density at radius 1 is 1.08 bits per heavy atom. The molecular formula is C17H35NO5P-. The van der Waals surface area contributed by atoms with Crippen LogP contribution < -0.4 is 15.5 Å². The van der Waals surface area contributed by atoms with Crippen molar-refractivity contribution in [3.8, 4) is 0 Å². The van der Waals surface area contributed by atoms with Crippen molar-refractivity contribution in [1.82, 2.24) is 0 Å². The Morgan fingerprint density at radius 2 is 1.62 bits per heavy atom. The van der Waals surface area contributed by atoms with Gasteiger partial charge in [-0.25, -0.2) is 0 Å². The highest BCUT2D eigenvalue weighted by molar-refractivity contribution is 7.43. The first-order valence-electron chi connectivity index (χ1n) is 9.06. The zero-order valence-corrected chi connectivity index (χ0v) is 16.1. The largest absolute Gasteiger partial charge is 0.790 e. The molecule has 0 heterocycles. The lowest BCUT2D eigenvalue weighted by Crippen LogP contribution is -2.68. The third-order valence-electron chi connectivity index (χ3n) is 3.92. The van der Waals surface area contributed by atoms with Gasteiger partial charge < -0.3 is 29.7 Å². The highest BCUT2D eigenvalue weighted by Crippen LogP contribution is 2.24. The third kappa shape index (κ3) is 16.6. The van der Waals surface area contributed by atoms with Crippen LogP contribution in [0.1, 0.15) is 71.6 Å². The van der Waals surface area contributed by atoms with E-state index >= 15 is 0 Å². The van der Waals surface area contributed by atoms with Crippen LogP contribution in [0, 0.1) is 5.92 Å². The zero-order chi connectivity index (χ0) is 18.4. The maximum Gasteiger partial charge on any atom is 0.138 e. The van der Waals surface area contributed by atoms with Gasteiger partial charge in [-0.05, 0) is 18.8 Å². The summed E-state index contributed by atoms with van der Waals surface area (Å²) < 4.78 is 14.5. The first-order valence-corrected chi connectivity index (χ1v) is 10.5. The zero-order valence-electron chi connectivity index (χ0n) is 15.2. The van der Waals surface area contributed by atoms with Gasteiger partial charge in [-0.2, -0.15) is 0 Å². The number of unbranched alkanes of at least 4 members (excludes halogenated alkanes) is 7. The van der Waals surface area contributed by atoms with Gasteiger partial charge in [0.25, 0.3) is 0 Å². The lowest BCUT2D eigenvalue weighted by atomic mass is 10.0. The quantitative estimate of drug-likeness (QED) is 0.259. The fraction of sp³-hybridized carbons (Fsp3) is 0.882. The molecule has 0 saturated carbocycles. The Morgan fingerprint density at radius 3 is 2.17 bits per heavy atom. The van der Waals surface area contributed by atoms with E-state index in [1.54, 1.807) is 6.08 Å². The SMILES string of the molecule is CC(C)CCCCCCCCC/C=C/[C@@H](O)[C@@H]([NH3+])COP(=O)([O-])[O-]. The van der Waals surface area contributed by atoms with E-state index in [4.69, 9.17) is 0 Å². The number of phosphoric acid groups is 1. The van der Waals surface area contributed by atoms with E-state index in [0.717, 1.165) is 18.8 Å². The van der Waals surface area contributed by atoms with E-state index in [1.807, 2.05) is 6.08 Å². The Bertz CT molecular complexity index is 370. The van der Waals surface area contributed by atoms with E-state index in [-0.39, 0.29) is 0 Å². The van der Waals surface area contributed by atoms with Gasteiger partial charge in [0.2, 0.25) is 0 Å². The number of quaternary nitrogens is 1. The maximum atomic E-state index is 10.4. The first-order chi connectivity index (χ1) is 11.2. The van der Waals surface area contributed by atoms with E-state index in [2.05, 4.69) is 24.1 Å². The summed E-state index contributed by atoms with van der Waals surface area (Å²) in [5.41, 5.74) is 3.59. The molecule has 0 aromatic rings. The van der Waals surface area contributed by atoms with E-state index in [9.17, 15) is 19.5 Å². The molecule has 0 rings (SSSR count). The topological polar surface area (TPSA) is 120 Å². The molecular weight excluding hydrogens is 329 g/mol. The Labute approximate surface area is 146 Å². The molecule has 0 radical (unpaired) electrons. The summed E-state index contributed by atoms with van der Waals surface area (Å²) in [4.78, 5) is 20.7. The van der Waals surface area contributed by atoms with Crippen LogP contribution in [-0.4, -0.2) is 23.9 Å². The Kier molecular flexibility index (Phi) is 13.9. The van der Waals surface area contributed by atoms with Crippen LogP contribution in [-0.2, 0) is 9.09 Å². The molecule has 0 unspecified atom stereocenters. The van der Waals surface area contributed by atoms with E-state index < -0.39 is 26.6 Å². The van der Waals surface area contributed by atoms with Crippen molar-refractivity contribution in [3.63, 3.8) is 0 Å². The van der Waals surface area contributed by atoms with Crippen molar-refractivity contribution in [2.75, 3.05) is 6.61 Å². The number of hydrogen-bond donors (Lipinski definition) is 2. The molecule has 0 aromatic carbocycles. The third-order valence-corrected chi connectivity index (χ3v) is 4.38. The minimum absolute atomic E-state index is 0.396. The lowest BCUT2D eigenvalue weighted by Gasteiger charge is -2.29. The molecule has 0 fully saturated rings. The highest BCUT2D eigenvalue weighted by atomic mass is 31.2. The molecule has 0 aliphatic heterocycles. The smallest absolute Gasteiger partial charge is 0.138 e. The van der Waals surface area contributed by atoms with Crippen molar-refractivity contribution in [1.29, 1.82) is 0 Å². The van der Waals surface area contributed by atoms with Crippen LogP contribution >= 0.6 is 7.82 Å². The van der Waals surface area contributed by atoms with Gasteiger partial charge in [0.05, 0.1) is 7.82 Å². The molecule has 6 nitrogen and oxygen atoms in total. The summed E-state index contributed by atoms with van der Waals surface area (Å²) in [6, 6.07) is -0.677. The van der Waals surface area contributed by atoms with Crippen LogP contribution in [0.15, 0.2) is 12.2 Å². The van der Waals surface area contributed by atoms with Gasteiger partial charge in [0.15, 0.2) is 0 Å². The number of hydrogen-bond acceptors (Lipinski definition) is 5. The van der Waals surface area contributed by atoms with Gasteiger partial charge in [0.1, 0.15) is 18.8 Å². The van der Waals surface area contributed by atoms with E-state index in [1.165, 1.54) is 44.9 Å². The summed E-state index contributed by atoms with van der Waals surface area (Å²) in [5, 5.41) is 9.75. The van der Waals surface area contributed by atoms with Gasteiger partial charge in [-0.15, -0.1) is 0 Å². The molecule has 144 valence electrons. The number of rotatable bonds is 15. The maximum absolute atomic E-state index is 10.4. The minimum Gasteiger partial charge on any atom is -0.790 e. The van der Waals surface area contributed by atoms with Crippen LogP contribution in [0.4, 0.5) is 0 Å². The molecule has 4 N–H and O–H groups in total. The molecule has 2 atom stereocenters. The second-order valence-electron chi connectivity index (χ2n) is 6.87. The van der Waals surface area contributed by atoms with Crippen LogP contribution in [0.2, 0.25) is 0 Å². The first kappa shape index (κ1) is 23.8. The van der Waals surface area contributed by atoms with Crippen molar-refractivity contribution in [2.24, 2.45) is 5.92 Å². The molecule has 0 amide bonds. The summed E-state index contributed by atoms with van der Waals surface area (Å²) in [6.07, 6.45) is 13.5. The normalized spacial score (nSPS) is 15.3. The molecule has 0 aliphatic carbocycles. The number of aliphatic hydroxyl groups is 1. The summed E-state index contributed by atoms with van der Waals surface area (Å²) in [5.74, 6) is 0.807. The second kappa shape index (κ2) is 14.0. The van der Waals surface area contributed by atoms with Crippen molar-refractivity contribution >= 4 is 7.82 Å². The number of allylic oxidation sites excluding steroid dienone is 1. The highest BCUT2D eigenvalue weighted by Gasteiger charge is 2.15. The van der Waals surface area contributed by atoms with Crippen molar-refractivity contribution in [3.05, 3.63) is 12.2 Å². The minimum atomic E-state index is -4.99. The number of aliphatic hydroxyl groups excluding tert-OH is 1. The van der Waals surface area contributed by atoms with Crippen molar-refractivity contribution < 1.29 is 29.7 Å². The fourth-order valence-electron chi connectivity index (χ4n) is 2.38. The molecule has 0 bridgehead atoms. The predicted octanol–water partition coefficient (Wildman–Crippen LogP) is 1.53. The van der Waals surface area contributed by atoms with Crippen LogP contribution in [0.25, 0.3) is 0 Å². The summed E-state index contributed by atoms with van der Waals surface area (Å²) >= 11 is 0. The molecule has 0 spiro atoms. The number of phosphoric ester groups is 1. The van der Waals surface area contributed by atoms with Gasteiger partial charge in [0, 0.05) is 0 Å². The average molecular weight is 364 g/mol. The lowest BCUT2D eigenvalue weighted by molar-refractivity contribution is -0.441. The summed E-state index contributed by atoms with van der Waals surface area (Å²) in [6.45, 7) is 4.13. The van der Waals surface area contributed by atoms with Gasteiger partial charge in [-0.1, -0.05) is 70.9 Å². The molecule has 24 heavy (non-hydrogen) atoms. The van der Waals surface area contributed by atoms with Crippen LogP contribution in [0.5, 0.6) is 0 Å². The van der Waals surface area contributed by atoms with Crippen LogP contribution in [0.3, 0.4) is 0 Å². The fourth-order valence-corrected chi connectivity index (χ4v) is 2.75. The summed E-state index contributed by atoms with van der Waals surface area (Å²) in [7, 11) is -4.99.